The number of fused-ring (bicyclic) bond motifs is 1. The van der Waals surface area contributed by atoms with Gasteiger partial charge in [-0.1, -0.05) is 45.7 Å². The van der Waals surface area contributed by atoms with Gasteiger partial charge in [0.2, 0.25) is 5.78 Å². The number of carbonyl (C=O) groups is 2. The number of esters is 1. The number of nitrogens with zero attached hydrogens (tertiary/aromatic N) is 1. The summed E-state index contributed by atoms with van der Waals surface area (Å²) < 4.78 is 6.10. The molecular formula is C19H17BrClN3O3. The van der Waals surface area contributed by atoms with Gasteiger partial charge in [-0.25, -0.2) is 4.99 Å². The maximum Gasteiger partial charge on any atom is 0.309 e. The normalized spacial score (nSPS) is 16.5. The summed E-state index contributed by atoms with van der Waals surface area (Å²) in [7, 11) is 0. The number of aliphatic imine (C=N–C) groups is 1. The van der Waals surface area contributed by atoms with Crippen molar-refractivity contribution in [3.63, 3.8) is 0 Å². The van der Waals surface area contributed by atoms with Crippen LogP contribution in [0.15, 0.2) is 51.9 Å². The van der Waals surface area contributed by atoms with E-state index in [2.05, 4.69) is 26.2 Å². The monoisotopic (exact) mass is 449 g/mol. The van der Waals surface area contributed by atoms with Gasteiger partial charge in [0.05, 0.1) is 18.7 Å². The number of carbonyl (C=O) groups excluding carboxylic acids is 2. The highest BCUT2D eigenvalue weighted by Crippen LogP contribution is 2.29. The lowest BCUT2D eigenvalue weighted by Crippen LogP contribution is -2.34. The minimum absolute atomic E-state index is 0.0102. The van der Waals surface area contributed by atoms with Crippen molar-refractivity contribution in [1.82, 2.24) is 0 Å². The van der Waals surface area contributed by atoms with Gasteiger partial charge >= 0.3 is 5.97 Å². The number of ether oxygens (including phenoxy) is 1. The standard InChI is InChI=1S/C19H17BrClN3O3/c20-11-5-6-15-13(9-11)18(12-3-1-2-4-14(12)21)24-19(16(25)10-23-15)27-17(26)7-8-22/h1-6,9,19,23H,7-8,10,22H2. The summed E-state index contributed by atoms with van der Waals surface area (Å²) in [6.07, 6.45) is -1.26. The Morgan fingerprint density at radius 3 is 2.81 bits per heavy atom. The Labute approximate surface area is 169 Å². The summed E-state index contributed by atoms with van der Waals surface area (Å²) >= 11 is 9.84. The minimum atomic E-state index is -1.27. The molecule has 0 radical (unpaired) electrons. The molecule has 2 aromatic carbocycles. The van der Waals surface area contributed by atoms with Gasteiger partial charge in [-0.2, -0.15) is 0 Å². The van der Waals surface area contributed by atoms with Gasteiger partial charge in [-0.05, 0) is 24.3 Å². The fourth-order valence-electron chi connectivity index (χ4n) is 2.66. The molecule has 0 bridgehead atoms. The second-order valence-corrected chi connectivity index (χ2v) is 7.17. The van der Waals surface area contributed by atoms with Crippen LogP contribution in [-0.4, -0.2) is 36.8 Å². The summed E-state index contributed by atoms with van der Waals surface area (Å²) in [6.45, 7) is 0.114. The summed E-state index contributed by atoms with van der Waals surface area (Å²) in [5.41, 5.74) is 7.96. The number of hydrogen-bond acceptors (Lipinski definition) is 6. The SMILES string of the molecule is NCCC(=O)OC1N=C(c2ccccc2Cl)c2cc(Br)ccc2NCC1=O. The van der Waals surface area contributed by atoms with Crippen molar-refractivity contribution < 1.29 is 14.3 Å². The van der Waals surface area contributed by atoms with Gasteiger partial charge in [0.1, 0.15) is 0 Å². The first kappa shape index (κ1) is 19.5. The van der Waals surface area contributed by atoms with Gasteiger partial charge in [0.25, 0.3) is 6.23 Å². The van der Waals surface area contributed by atoms with E-state index < -0.39 is 12.2 Å². The first-order valence-corrected chi connectivity index (χ1v) is 9.45. The van der Waals surface area contributed by atoms with E-state index in [0.717, 1.165) is 15.7 Å². The molecule has 0 fully saturated rings. The van der Waals surface area contributed by atoms with Crippen LogP contribution in [0.2, 0.25) is 5.02 Å². The van der Waals surface area contributed by atoms with Crippen LogP contribution < -0.4 is 11.1 Å². The van der Waals surface area contributed by atoms with Crippen molar-refractivity contribution in [2.45, 2.75) is 12.6 Å². The van der Waals surface area contributed by atoms with Crippen molar-refractivity contribution >= 4 is 50.7 Å². The molecule has 0 aliphatic carbocycles. The largest absolute Gasteiger partial charge is 0.432 e. The van der Waals surface area contributed by atoms with E-state index in [0.29, 0.717) is 16.3 Å². The molecule has 1 unspecified atom stereocenters. The molecule has 0 saturated heterocycles. The lowest BCUT2D eigenvalue weighted by molar-refractivity contribution is -0.153. The van der Waals surface area contributed by atoms with Crippen LogP contribution >= 0.6 is 27.5 Å². The maximum atomic E-state index is 12.5. The Hall–Kier alpha value is -2.22. The van der Waals surface area contributed by atoms with Crippen LogP contribution in [0.1, 0.15) is 17.5 Å². The number of nitrogens with one attached hydrogen (secondary N) is 1. The molecule has 27 heavy (non-hydrogen) atoms. The molecule has 1 heterocycles. The van der Waals surface area contributed by atoms with Crippen molar-refractivity contribution in [3.05, 3.63) is 63.1 Å². The first-order valence-electron chi connectivity index (χ1n) is 8.28. The number of ketones is 1. The molecule has 0 spiro atoms. The molecule has 0 amide bonds. The van der Waals surface area contributed by atoms with Crippen molar-refractivity contribution in [3.8, 4) is 0 Å². The Kier molecular flexibility index (Phi) is 6.26. The lowest BCUT2D eigenvalue weighted by Gasteiger charge is -2.22. The summed E-state index contributed by atoms with van der Waals surface area (Å²) in [6, 6.07) is 12.8. The Balaban J connectivity index is 2.15. The molecule has 1 atom stereocenters. The van der Waals surface area contributed by atoms with Crippen LogP contribution in [0, 0.1) is 0 Å². The molecule has 6 nitrogen and oxygen atoms in total. The van der Waals surface area contributed by atoms with Gasteiger partial charge in [-0.3, -0.25) is 9.59 Å². The molecule has 8 heteroatoms. The molecule has 140 valence electrons. The smallest absolute Gasteiger partial charge is 0.309 e. The van der Waals surface area contributed by atoms with Crippen LogP contribution in [0.3, 0.4) is 0 Å². The molecule has 1 aliphatic heterocycles. The average molecular weight is 451 g/mol. The first-order chi connectivity index (χ1) is 13.0. The third kappa shape index (κ3) is 4.55. The number of Topliss-reactive ketones (excluding diaryl/α,β-unsaturated/α-hetero) is 1. The highest BCUT2D eigenvalue weighted by Gasteiger charge is 2.27. The van der Waals surface area contributed by atoms with E-state index in [1.165, 1.54) is 0 Å². The van der Waals surface area contributed by atoms with E-state index in [9.17, 15) is 9.59 Å². The van der Waals surface area contributed by atoms with E-state index in [4.69, 9.17) is 22.1 Å². The number of hydrogen-bond donors (Lipinski definition) is 2. The lowest BCUT2D eigenvalue weighted by atomic mass is 9.99. The van der Waals surface area contributed by atoms with E-state index >= 15 is 0 Å². The number of anilines is 1. The molecule has 3 rings (SSSR count). The number of nitrogens with two attached hydrogens (primary N) is 1. The topological polar surface area (TPSA) is 93.8 Å². The highest BCUT2D eigenvalue weighted by atomic mass is 79.9. The number of halogens is 2. The quantitative estimate of drug-likeness (QED) is 0.698. The molecule has 0 saturated carbocycles. The van der Waals surface area contributed by atoms with E-state index in [1.807, 2.05) is 24.3 Å². The van der Waals surface area contributed by atoms with Gasteiger partial charge in [0, 0.05) is 32.9 Å². The Morgan fingerprint density at radius 1 is 1.30 bits per heavy atom. The molecular weight excluding hydrogens is 434 g/mol. The fourth-order valence-corrected chi connectivity index (χ4v) is 3.24. The third-order valence-electron chi connectivity index (χ3n) is 3.93. The van der Waals surface area contributed by atoms with E-state index in [-0.39, 0.29) is 25.3 Å². The predicted molar refractivity (Wildman–Crippen MR) is 108 cm³/mol. The molecule has 3 N–H and O–H groups in total. The van der Waals surface area contributed by atoms with Crippen molar-refractivity contribution in [2.75, 3.05) is 18.4 Å². The third-order valence-corrected chi connectivity index (χ3v) is 4.75. The Morgan fingerprint density at radius 2 is 2.07 bits per heavy atom. The van der Waals surface area contributed by atoms with Crippen LogP contribution in [0.25, 0.3) is 0 Å². The van der Waals surface area contributed by atoms with Crippen LogP contribution in [-0.2, 0) is 14.3 Å². The van der Waals surface area contributed by atoms with Crippen LogP contribution in [0.5, 0.6) is 0 Å². The summed E-state index contributed by atoms with van der Waals surface area (Å²) in [4.78, 5) is 28.9. The van der Waals surface area contributed by atoms with Gasteiger partial charge in [-0.15, -0.1) is 0 Å². The van der Waals surface area contributed by atoms with Crippen LogP contribution in [0.4, 0.5) is 5.69 Å². The summed E-state index contributed by atoms with van der Waals surface area (Å²) in [5, 5.41) is 3.56. The molecule has 0 aromatic heterocycles. The number of benzene rings is 2. The van der Waals surface area contributed by atoms with E-state index in [1.54, 1.807) is 18.2 Å². The maximum absolute atomic E-state index is 12.5. The molecule has 1 aliphatic rings. The fraction of sp³-hybridized carbons (Fsp3) is 0.211. The zero-order valence-electron chi connectivity index (χ0n) is 14.2. The second-order valence-electron chi connectivity index (χ2n) is 5.85. The minimum Gasteiger partial charge on any atom is -0.432 e. The average Bonchev–Trinajstić information content (AvgIpc) is 2.64. The highest BCUT2D eigenvalue weighted by molar-refractivity contribution is 9.10. The molecule has 2 aromatic rings. The predicted octanol–water partition coefficient (Wildman–Crippen LogP) is 3.15. The second kappa shape index (κ2) is 8.65. The Bertz CT molecular complexity index is 917. The van der Waals surface area contributed by atoms with Crippen molar-refractivity contribution in [2.24, 2.45) is 10.7 Å². The van der Waals surface area contributed by atoms with Crippen molar-refractivity contribution in [1.29, 1.82) is 0 Å². The van der Waals surface area contributed by atoms with Gasteiger partial charge < -0.3 is 15.8 Å². The summed E-state index contributed by atoms with van der Waals surface area (Å²) in [5.74, 6) is -0.938. The zero-order chi connectivity index (χ0) is 19.4. The number of rotatable bonds is 4. The zero-order valence-corrected chi connectivity index (χ0v) is 16.6. The van der Waals surface area contributed by atoms with Gasteiger partial charge in [0.15, 0.2) is 0 Å².